The van der Waals surface area contributed by atoms with Gasteiger partial charge in [-0.15, -0.1) is 10.2 Å². The van der Waals surface area contributed by atoms with Crippen LogP contribution in [-0.4, -0.2) is 38.5 Å². The second-order valence-electron chi connectivity index (χ2n) is 6.21. The average Bonchev–Trinajstić information content (AvgIpc) is 3.15. The number of nitrogens with one attached hydrogen (secondary N) is 2. The van der Waals surface area contributed by atoms with Gasteiger partial charge in [0.05, 0.1) is 11.1 Å². The lowest BCUT2D eigenvalue weighted by atomic mass is 10.0. The molecule has 0 aliphatic rings. The third kappa shape index (κ3) is 3.87. The Morgan fingerprint density at radius 3 is 2.60 bits per heavy atom. The lowest BCUT2D eigenvalue weighted by molar-refractivity contribution is -0.137. The van der Waals surface area contributed by atoms with Gasteiger partial charge in [-0.2, -0.15) is 18.3 Å². The van der Waals surface area contributed by atoms with Crippen LogP contribution in [0.1, 0.15) is 5.56 Å². The van der Waals surface area contributed by atoms with Gasteiger partial charge < -0.3 is 15.8 Å². The molecule has 0 saturated heterocycles. The van der Waals surface area contributed by atoms with Crippen LogP contribution in [0.3, 0.4) is 0 Å². The maximum Gasteiger partial charge on any atom is 0.417 e. The summed E-state index contributed by atoms with van der Waals surface area (Å²) in [5.74, 6) is 0.243. The van der Waals surface area contributed by atoms with E-state index in [4.69, 9.17) is 10.5 Å². The summed E-state index contributed by atoms with van der Waals surface area (Å²) in [4.78, 5) is 4.25. The highest BCUT2D eigenvalue weighted by molar-refractivity contribution is 5.90. The fraction of sp³-hybridized carbons (Fsp3) is 0.158. The number of halogens is 3. The van der Waals surface area contributed by atoms with E-state index in [1.54, 1.807) is 0 Å². The molecule has 0 amide bonds. The number of para-hydroxylation sites is 1. The predicted molar refractivity (Wildman–Crippen MR) is 104 cm³/mol. The minimum Gasteiger partial charge on any atom is -0.474 e. The largest absolute Gasteiger partial charge is 0.474 e. The molecule has 30 heavy (non-hydrogen) atoms. The molecule has 0 fully saturated rings. The molecule has 0 saturated carbocycles. The molecule has 4 N–H and O–H groups in total. The average molecular weight is 415 g/mol. The minimum atomic E-state index is -4.58. The number of ether oxygens (including phenoxy) is 1. The van der Waals surface area contributed by atoms with Crippen molar-refractivity contribution in [2.24, 2.45) is 5.73 Å². The van der Waals surface area contributed by atoms with Gasteiger partial charge in [-0.05, 0) is 18.2 Å². The summed E-state index contributed by atoms with van der Waals surface area (Å²) in [6.07, 6.45) is -4.58. The molecule has 11 heteroatoms. The first-order valence-electron chi connectivity index (χ1n) is 8.91. The summed E-state index contributed by atoms with van der Waals surface area (Å²) in [6.45, 7) is 0.204. The molecule has 0 aliphatic heterocycles. The Hall–Kier alpha value is -3.73. The lowest BCUT2D eigenvalue weighted by Crippen LogP contribution is -2.14. The smallest absolute Gasteiger partial charge is 0.417 e. The number of hydrogen-bond acceptors (Lipinski definition) is 7. The van der Waals surface area contributed by atoms with Crippen LogP contribution in [0.2, 0.25) is 0 Å². The molecule has 0 aliphatic carbocycles. The molecular weight excluding hydrogens is 399 g/mol. The zero-order valence-corrected chi connectivity index (χ0v) is 15.4. The van der Waals surface area contributed by atoms with Gasteiger partial charge in [-0.25, -0.2) is 4.98 Å². The molecule has 154 valence electrons. The van der Waals surface area contributed by atoms with Crippen molar-refractivity contribution in [1.29, 1.82) is 0 Å². The summed E-state index contributed by atoms with van der Waals surface area (Å²) >= 11 is 0. The number of hydrogen-bond donors (Lipinski definition) is 3. The van der Waals surface area contributed by atoms with Crippen LogP contribution >= 0.6 is 0 Å². The van der Waals surface area contributed by atoms with Crippen molar-refractivity contribution in [1.82, 2.24) is 25.4 Å². The van der Waals surface area contributed by atoms with Crippen molar-refractivity contribution in [2.45, 2.75) is 6.18 Å². The van der Waals surface area contributed by atoms with Crippen molar-refractivity contribution in [3.8, 4) is 17.1 Å². The summed E-state index contributed by atoms with van der Waals surface area (Å²) in [7, 11) is 0. The van der Waals surface area contributed by atoms with Gasteiger partial charge in [0, 0.05) is 17.5 Å². The van der Waals surface area contributed by atoms with Gasteiger partial charge in [-0.3, -0.25) is 5.10 Å². The standard InChI is InChI=1S/C19H16F3N7O/c20-19(21,22)13-7-3-1-5-11(13)15-17(30-10-9-23)28-29-18(24-15)25-16-12-6-2-4-8-14(12)26-27-16/h1-8H,9-10,23H2,(H2,24,25,26,27,29). The first-order chi connectivity index (χ1) is 14.5. The molecule has 0 unspecified atom stereocenters. The second kappa shape index (κ2) is 7.95. The molecule has 4 rings (SSSR count). The van der Waals surface area contributed by atoms with Crippen LogP contribution in [0.4, 0.5) is 24.9 Å². The van der Waals surface area contributed by atoms with Crippen molar-refractivity contribution in [3.05, 3.63) is 54.1 Å². The van der Waals surface area contributed by atoms with E-state index in [1.165, 1.54) is 18.2 Å². The van der Waals surface area contributed by atoms with Crippen LogP contribution in [0.5, 0.6) is 5.88 Å². The zero-order chi connectivity index (χ0) is 21.1. The number of aromatic nitrogens is 5. The number of nitrogens with two attached hydrogens (primary N) is 1. The fourth-order valence-electron chi connectivity index (χ4n) is 2.90. The summed E-state index contributed by atoms with van der Waals surface area (Å²) < 4.78 is 46.0. The molecule has 0 radical (unpaired) electrons. The van der Waals surface area contributed by atoms with E-state index >= 15 is 0 Å². The van der Waals surface area contributed by atoms with Crippen LogP contribution in [0, 0.1) is 0 Å². The van der Waals surface area contributed by atoms with Crippen LogP contribution in [0.25, 0.3) is 22.2 Å². The molecule has 0 atom stereocenters. The van der Waals surface area contributed by atoms with E-state index in [9.17, 15) is 13.2 Å². The Morgan fingerprint density at radius 2 is 1.80 bits per heavy atom. The van der Waals surface area contributed by atoms with Crippen molar-refractivity contribution < 1.29 is 17.9 Å². The monoisotopic (exact) mass is 415 g/mol. The summed E-state index contributed by atoms with van der Waals surface area (Å²) in [6, 6.07) is 12.4. The second-order valence-corrected chi connectivity index (χ2v) is 6.21. The highest BCUT2D eigenvalue weighted by atomic mass is 19.4. The molecule has 0 spiro atoms. The van der Waals surface area contributed by atoms with Crippen molar-refractivity contribution >= 4 is 22.7 Å². The minimum absolute atomic E-state index is 0.0284. The first-order valence-corrected chi connectivity index (χ1v) is 8.91. The van der Waals surface area contributed by atoms with Crippen LogP contribution in [-0.2, 0) is 6.18 Å². The van der Waals surface area contributed by atoms with Gasteiger partial charge in [0.15, 0.2) is 5.82 Å². The summed E-state index contributed by atoms with van der Waals surface area (Å²) in [5, 5.41) is 18.5. The van der Waals surface area contributed by atoms with Gasteiger partial charge >= 0.3 is 6.18 Å². The number of nitrogens with zero attached hydrogens (tertiary/aromatic N) is 4. The van der Waals surface area contributed by atoms with Crippen LogP contribution in [0.15, 0.2) is 48.5 Å². The summed E-state index contributed by atoms with van der Waals surface area (Å²) in [5.41, 5.74) is 5.07. The predicted octanol–water partition coefficient (Wildman–Crippen LogP) is 3.51. The van der Waals surface area contributed by atoms with E-state index in [0.717, 1.165) is 17.0 Å². The number of anilines is 2. The van der Waals surface area contributed by atoms with Gasteiger partial charge in [0.2, 0.25) is 5.95 Å². The number of H-pyrrole nitrogens is 1. The van der Waals surface area contributed by atoms with E-state index in [0.29, 0.717) is 5.82 Å². The Balaban J connectivity index is 1.79. The highest BCUT2D eigenvalue weighted by Gasteiger charge is 2.35. The zero-order valence-electron chi connectivity index (χ0n) is 15.4. The molecule has 2 aromatic heterocycles. The number of benzene rings is 2. The molecule has 2 heterocycles. The molecule has 8 nitrogen and oxygen atoms in total. The topological polar surface area (TPSA) is 115 Å². The fourth-order valence-corrected chi connectivity index (χ4v) is 2.90. The molecule has 2 aromatic carbocycles. The third-order valence-corrected chi connectivity index (χ3v) is 4.20. The third-order valence-electron chi connectivity index (χ3n) is 4.20. The molecular formula is C19H16F3N7O. The van der Waals surface area contributed by atoms with Crippen LogP contribution < -0.4 is 15.8 Å². The van der Waals surface area contributed by atoms with Crippen molar-refractivity contribution in [2.75, 3.05) is 18.5 Å². The Bertz CT molecular complexity index is 1180. The Morgan fingerprint density at radius 1 is 1.03 bits per heavy atom. The van der Waals surface area contributed by atoms with E-state index < -0.39 is 11.7 Å². The first kappa shape index (κ1) is 19.6. The molecule has 0 bridgehead atoms. The highest BCUT2D eigenvalue weighted by Crippen LogP contribution is 2.39. The SMILES string of the molecule is NCCOc1nnc(Nc2n[nH]c3ccccc23)nc1-c1ccccc1C(F)(F)F. The van der Waals surface area contributed by atoms with Crippen molar-refractivity contribution in [3.63, 3.8) is 0 Å². The Kier molecular flexibility index (Phi) is 5.19. The van der Waals surface area contributed by atoms with Gasteiger partial charge in [-0.1, -0.05) is 30.3 Å². The van der Waals surface area contributed by atoms with Gasteiger partial charge in [0.25, 0.3) is 5.88 Å². The van der Waals surface area contributed by atoms with E-state index in [2.05, 4.69) is 30.7 Å². The van der Waals surface area contributed by atoms with Gasteiger partial charge in [0.1, 0.15) is 12.3 Å². The van der Waals surface area contributed by atoms with E-state index in [1.807, 2.05) is 24.3 Å². The number of fused-ring (bicyclic) bond motifs is 1. The van der Waals surface area contributed by atoms with E-state index in [-0.39, 0.29) is 36.2 Å². The number of rotatable bonds is 6. The Labute approximate surface area is 168 Å². The number of alkyl halides is 3. The lowest BCUT2D eigenvalue weighted by Gasteiger charge is -2.15. The normalized spacial score (nSPS) is 11.6. The number of aromatic amines is 1. The maximum atomic E-state index is 13.5. The quantitative estimate of drug-likeness (QED) is 0.441. The maximum absolute atomic E-state index is 13.5. The molecule has 4 aromatic rings.